The molecule has 0 aliphatic carbocycles. The van der Waals surface area contributed by atoms with Gasteiger partial charge in [-0.15, -0.1) is 0 Å². The third kappa shape index (κ3) is 2.47. The van der Waals surface area contributed by atoms with E-state index in [0.717, 1.165) is 0 Å². The number of phenolic OH excluding ortho intramolecular Hbond substituents is 1. The number of rotatable bonds is 2. The van der Waals surface area contributed by atoms with Crippen molar-refractivity contribution >= 4 is 5.69 Å². The largest absolute Gasteiger partial charge is 0.502 e. The van der Waals surface area contributed by atoms with Crippen molar-refractivity contribution in [1.29, 1.82) is 5.26 Å². The number of aryl methyl sites for hydroxylation is 2. The van der Waals surface area contributed by atoms with E-state index in [1.165, 1.54) is 18.2 Å². The SMILES string of the molecule is Cc1cc(-c2cc(C)[nH]c(=O)c2C#N)c(O)c([N+](=O)[O-])c1. The molecule has 2 rings (SSSR count). The Bertz CT molecular complexity index is 847. The molecule has 0 saturated heterocycles. The maximum atomic E-state index is 11.8. The van der Waals surface area contributed by atoms with Gasteiger partial charge >= 0.3 is 5.69 Å². The zero-order chi connectivity index (χ0) is 15.7. The standard InChI is InChI=1S/C14H11N3O4/c1-7-3-10(13(18)12(4-7)17(20)21)9-5-8(2)16-14(19)11(9)6-15/h3-5,18H,1-2H3,(H,16,19). The van der Waals surface area contributed by atoms with Gasteiger partial charge in [0, 0.05) is 22.9 Å². The molecule has 0 atom stereocenters. The fourth-order valence-corrected chi connectivity index (χ4v) is 2.12. The molecule has 106 valence electrons. The van der Waals surface area contributed by atoms with Gasteiger partial charge in [0.1, 0.15) is 11.6 Å². The normalized spacial score (nSPS) is 10.1. The van der Waals surface area contributed by atoms with Crippen LogP contribution in [0.4, 0.5) is 5.69 Å². The summed E-state index contributed by atoms with van der Waals surface area (Å²) in [7, 11) is 0. The molecule has 7 nitrogen and oxygen atoms in total. The Kier molecular flexibility index (Phi) is 3.46. The summed E-state index contributed by atoms with van der Waals surface area (Å²) in [5.41, 5.74) is 0.0167. The Morgan fingerprint density at radius 3 is 2.52 bits per heavy atom. The van der Waals surface area contributed by atoms with Gasteiger partial charge in [0.25, 0.3) is 5.56 Å². The molecule has 0 fully saturated rings. The summed E-state index contributed by atoms with van der Waals surface area (Å²) >= 11 is 0. The molecule has 0 radical (unpaired) electrons. The van der Waals surface area contributed by atoms with Gasteiger partial charge in [-0.25, -0.2) is 0 Å². The number of nitrogens with one attached hydrogen (secondary N) is 1. The summed E-state index contributed by atoms with van der Waals surface area (Å²) in [6, 6.07) is 5.98. The van der Waals surface area contributed by atoms with Gasteiger partial charge in [-0.1, -0.05) is 0 Å². The van der Waals surface area contributed by atoms with Crippen LogP contribution in [0.5, 0.6) is 5.75 Å². The molecule has 2 aromatic rings. The van der Waals surface area contributed by atoms with Crippen LogP contribution in [0.25, 0.3) is 11.1 Å². The van der Waals surface area contributed by atoms with Crippen molar-refractivity contribution in [2.75, 3.05) is 0 Å². The Labute approximate surface area is 119 Å². The van der Waals surface area contributed by atoms with Crippen molar-refractivity contribution < 1.29 is 10.0 Å². The molecule has 0 spiro atoms. The van der Waals surface area contributed by atoms with Crippen LogP contribution >= 0.6 is 0 Å². The van der Waals surface area contributed by atoms with Gasteiger partial charge in [0.05, 0.1) is 4.92 Å². The molecule has 0 amide bonds. The van der Waals surface area contributed by atoms with Crippen LogP contribution in [0.3, 0.4) is 0 Å². The zero-order valence-corrected chi connectivity index (χ0v) is 11.3. The highest BCUT2D eigenvalue weighted by Gasteiger charge is 2.22. The van der Waals surface area contributed by atoms with E-state index >= 15 is 0 Å². The first-order valence-electron chi connectivity index (χ1n) is 5.97. The highest BCUT2D eigenvalue weighted by atomic mass is 16.6. The molecule has 1 heterocycles. The number of nitriles is 1. The lowest BCUT2D eigenvalue weighted by atomic mass is 9.97. The number of nitrogens with zero attached hydrogens (tertiary/aromatic N) is 2. The molecule has 0 unspecified atom stereocenters. The highest BCUT2D eigenvalue weighted by molar-refractivity contribution is 5.79. The molecule has 0 saturated carbocycles. The number of H-pyrrole nitrogens is 1. The Morgan fingerprint density at radius 2 is 1.95 bits per heavy atom. The van der Waals surface area contributed by atoms with Gasteiger partial charge in [-0.05, 0) is 31.5 Å². The number of nitro benzene ring substituents is 1. The van der Waals surface area contributed by atoms with Crippen LogP contribution in [-0.2, 0) is 0 Å². The van der Waals surface area contributed by atoms with Crippen LogP contribution in [-0.4, -0.2) is 15.0 Å². The summed E-state index contributed by atoms with van der Waals surface area (Å²) in [6.45, 7) is 3.25. The molecule has 2 N–H and O–H groups in total. The number of aromatic nitrogens is 1. The van der Waals surface area contributed by atoms with Crippen molar-refractivity contribution in [3.63, 3.8) is 0 Å². The molecule has 7 heteroatoms. The quantitative estimate of drug-likeness (QED) is 0.647. The van der Waals surface area contributed by atoms with Crippen molar-refractivity contribution in [1.82, 2.24) is 4.98 Å². The molecule has 0 aliphatic rings. The van der Waals surface area contributed by atoms with E-state index in [2.05, 4.69) is 4.98 Å². The first-order chi connectivity index (χ1) is 9.85. The minimum atomic E-state index is -0.710. The van der Waals surface area contributed by atoms with E-state index in [0.29, 0.717) is 11.3 Å². The molecule has 1 aromatic carbocycles. The fraction of sp³-hybridized carbons (Fsp3) is 0.143. The molecular weight excluding hydrogens is 274 g/mol. The third-order valence-electron chi connectivity index (χ3n) is 3.00. The number of hydrogen-bond acceptors (Lipinski definition) is 5. The lowest BCUT2D eigenvalue weighted by Gasteiger charge is -2.09. The number of hydrogen-bond donors (Lipinski definition) is 2. The van der Waals surface area contributed by atoms with Gasteiger partial charge in [-0.2, -0.15) is 5.26 Å². The van der Waals surface area contributed by atoms with Crippen molar-refractivity contribution in [2.45, 2.75) is 13.8 Å². The summed E-state index contributed by atoms with van der Waals surface area (Å²) < 4.78 is 0. The van der Waals surface area contributed by atoms with Gasteiger partial charge in [0.15, 0.2) is 0 Å². The maximum absolute atomic E-state index is 11.8. The summed E-state index contributed by atoms with van der Waals surface area (Å²) in [5.74, 6) is -0.563. The monoisotopic (exact) mass is 285 g/mol. The van der Waals surface area contributed by atoms with E-state index in [9.17, 15) is 20.0 Å². The molecule has 1 aromatic heterocycles. The average Bonchev–Trinajstić information content (AvgIpc) is 2.40. The average molecular weight is 285 g/mol. The minimum Gasteiger partial charge on any atom is -0.502 e. The van der Waals surface area contributed by atoms with Crippen LogP contribution in [0, 0.1) is 35.3 Å². The van der Waals surface area contributed by atoms with E-state index in [1.54, 1.807) is 19.9 Å². The second-order valence-corrected chi connectivity index (χ2v) is 4.62. The van der Waals surface area contributed by atoms with Gasteiger partial charge < -0.3 is 10.1 Å². The third-order valence-corrected chi connectivity index (χ3v) is 3.00. The summed E-state index contributed by atoms with van der Waals surface area (Å²) in [5, 5.41) is 30.1. The smallest absolute Gasteiger partial charge is 0.311 e. The molecule has 0 bridgehead atoms. The summed E-state index contributed by atoms with van der Waals surface area (Å²) in [6.07, 6.45) is 0. The molecule has 0 aliphatic heterocycles. The number of benzene rings is 1. The predicted octanol–water partition coefficient (Wildman–Crippen LogP) is 2.14. The van der Waals surface area contributed by atoms with E-state index in [4.69, 9.17) is 5.26 Å². The second kappa shape index (κ2) is 5.09. The first kappa shape index (κ1) is 14.3. The van der Waals surface area contributed by atoms with Crippen molar-refractivity contribution in [2.24, 2.45) is 0 Å². The fourth-order valence-electron chi connectivity index (χ4n) is 2.12. The Hall–Kier alpha value is -3.14. The Morgan fingerprint density at radius 1 is 1.29 bits per heavy atom. The molecule has 21 heavy (non-hydrogen) atoms. The van der Waals surface area contributed by atoms with Gasteiger partial charge in [-0.3, -0.25) is 14.9 Å². The van der Waals surface area contributed by atoms with E-state index in [1.807, 2.05) is 0 Å². The number of aromatic amines is 1. The van der Waals surface area contributed by atoms with E-state index in [-0.39, 0.29) is 16.7 Å². The number of aromatic hydroxyl groups is 1. The first-order valence-corrected chi connectivity index (χ1v) is 5.97. The maximum Gasteiger partial charge on any atom is 0.311 e. The van der Waals surface area contributed by atoms with E-state index < -0.39 is 21.9 Å². The molecular formula is C14H11N3O4. The second-order valence-electron chi connectivity index (χ2n) is 4.62. The number of nitro groups is 1. The number of phenols is 1. The summed E-state index contributed by atoms with van der Waals surface area (Å²) in [4.78, 5) is 24.5. The predicted molar refractivity (Wildman–Crippen MR) is 75.0 cm³/mol. The zero-order valence-electron chi connectivity index (χ0n) is 11.3. The van der Waals surface area contributed by atoms with Crippen LogP contribution in [0.1, 0.15) is 16.8 Å². The van der Waals surface area contributed by atoms with Crippen LogP contribution in [0.2, 0.25) is 0 Å². The lowest BCUT2D eigenvalue weighted by molar-refractivity contribution is -0.385. The van der Waals surface area contributed by atoms with Crippen LogP contribution < -0.4 is 5.56 Å². The van der Waals surface area contributed by atoms with Gasteiger partial charge in [0.2, 0.25) is 5.75 Å². The Balaban J connectivity index is 2.89. The minimum absolute atomic E-state index is 0.0902. The van der Waals surface area contributed by atoms with Crippen molar-refractivity contribution in [3.05, 3.63) is 55.5 Å². The van der Waals surface area contributed by atoms with Crippen LogP contribution in [0.15, 0.2) is 23.0 Å². The van der Waals surface area contributed by atoms with Crippen molar-refractivity contribution in [3.8, 4) is 22.9 Å². The number of pyridine rings is 1. The topological polar surface area (TPSA) is 120 Å². The lowest BCUT2D eigenvalue weighted by Crippen LogP contribution is -2.12. The highest BCUT2D eigenvalue weighted by Crippen LogP contribution is 2.38.